The van der Waals surface area contributed by atoms with E-state index in [1.165, 1.54) is 35.2 Å². The summed E-state index contributed by atoms with van der Waals surface area (Å²) >= 11 is 1.71. The molecule has 0 bridgehead atoms. The number of morpholine rings is 1. The van der Waals surface area contributed by atoms with Gasteiger partial charge in [-0.05, 0) is 109 Å². The molecule has 3 aromatic rings. The van der Waals surface area contributed by atoms with Crippen molar-refractivity contribution in [2.45, 2.75) is 166 Å². The molecule has 8 aliphatic rings. The maximum atomic E-state index is 14.8. The van der Waals surface area contributed by atoms with Crippen LogP contribution in [0.3, 0.4) is 0 Å². The number of phenols is 1. The molecule has 20 heteroatoms. The summed E-state index contributed by atoms with van der Waals surface area (Å²) in [6.07, 6.45) is 8.37. The summed E-state index contributed by atoms with van der Waals surface area (Å²) in [5.74, 6) is 1.44. The van der Waals surface area contributed by atoms with E-state index < -0.39 is 21.9 Å². The number of aromatic nitrogens is 1. The summed E-state index contributed by atoms with van der Waals surface area (Å²) in [6, 6.07) is 8.34. The van der Waals surface area contributed by atoms with E-state index in [1.54, 1.807) is 12.3 Å². The lowest BCUT2D eigenvalue weighted by Gasteiger charge is -2.47. The quantitative estimate of drug-likeness (QED) is 0.0208. The summed E-state index contributed by atoms with van der Waals surface area (Å²) in [5, 5.41) is 29.5. The van der Waals surface area contributed by atoms with Crippen LogP contribution in [-0.4, -0.2) is 129 Å². The number of phenolic OH excluding ortho intramolecular Hbond substituents is 1. The number of aliphatic hydroxyl groups excluding tert-OH is 1. The van der Waals surface area contributed by atoms with Gasteiger partial charge in [0, 0.05) is 84.6 Å². The van der Waals surface area contributed by atoms with Crippen molar-refractivity contribution in [2.75, 3.05) is 57.4 Å². The average Bonchev–Trinajstić information content (AvgIpc) is 3.46. The normalized spacial score (nSPS) is 29.6. The second-order valence-corrected chi connectivity index (χ2v) is 27.0. The van der Waals surface area contributed by atoms with Crippen LogP contribution in [-0.2, 0) is 43.2 Å². The van der Waals surface area contributed by atoms with Crippen molar-refractivity contribution >= 4 is 75.8 Å². The smallest absolute Gasteiger partial charge is 0.273 e. The van der Waals surface area contributed by atoms with Crippen molar-refractivity contribution in [2.24, 2.45) is 33.5 Å². The van der Waals surface area contributed by atoms with E-state index in [0.717, 1.165) is 74.2 Å². The fourth-order valence-corrected chi connectivity index (χ4v) is 19.0. The van der Waals surface area contributed by atoms with Gasteiger partial charge in [0.15, 0.2) is 22.6 Å². The first-order chi connectivity index (χ1) is 37.1. The molecule has 2 saturated heterocycles. The molecule has 11 rings (SSSR count). The van der Waals surface area contributed by atoms with Gasteiger partial charge < -0.3 is 39.6 Å². The zero-order valence-corrected chi connectivity index (χ0v) is 50.7. The van der Waals surface area contributed by atoms with Crippen molar-refractivity contribution in [1.29, 1.82) is 0 Å². The van der Waals surface area contributed by atoms with E-state index in [0.29, 0.717) is 103 Å². The van der Waals surface area contributed by atoms with Gasteiger partial charge >= 0.3 is 0 Å². The number of amides is 2. The fraction of sp³-hybridized carbons (Fsp3) is 0.672. The number of nitrogens with zero attached hydrogens (tertiary/aromatic N) is 3. The number of aromatic hydroxyl groups is 1. The predicted molar refractivity (Wildman–Crippen MR) is 309 cm³/mol. The number of thiazole rings is 1. The second-order valence-electron chi connectivity index (χ2n) is 23.3. The molecule has 78 heavy (non-hydrogen) atoms. The van der Waals surface area contributed by atoms with E-state index in [9.17, 15) is 47.1 Å². The van der Waals surface area contributed by atoms with Gasteiger partial charge in [-0.1, -0.05) is 87.4 Å². The lowest BCUT2D eigenvalue weighted by atomic mass is 9.64. The van der Waals surface area contributed by atoms with Crippen LogP contribution in [0.1, 0.15) is 165 Å². The number of likely N-dealkylation sites (tertiary alicyclic amines) is 1. The molecule has 3 heterocycles. The second kappa shape index (κ2) is 24.3. The molecule has 6 aliphatic carbocycles. The first kappa shape index (κ1) is 62.3. The van der Waals surface area contributed by atoms with Crippen LogP contribution >= 0.6 is 35.1 Å². The van der Waals surface area contributed by atoms with Crippen LogP contribution in [0.2, 0.25) is 0 Å². The number of piperidine rings is 1. The van der Waals surface area contributed by atoms with Gasteiger partial charge in [-0.25, -0.2) is 13.6 Å². The molecule has 2 aliphatic heterocycles. The minimum atomic E-state index is -1.97. The highest BCUT2D eigenvalue weighted by Gasteiger charge is 2.91. The zero-order valence-electron chi connectivity index (χ0n) is 47.5. The Kier molecular flexibility index (Phi) is 19.4. The molecule has 8 unspecified atom stereocenters. The maximum Gasteiger partial charge on any atom is 0.273 e. The minimum Gasteiger partial charge on any atom is -0.506 e. The molecule has 1 aromatic heterocycles. The lowest BCUT2D eigenvalue weighted by Crippen LogP contribution is -2.61. The Labute approximate surface area is 476 Å². The highest BCUT2D eigenvalue weighted by Crippen LogP contribution is 2.89. The van der Waals surface area contributed by atoms with Crippen molar-refractivity contribution in [3.05, 3.63) is 68.9 Å². The van der Waals surface area contributed by atoms with Crippen molar-refractivity contribution < 1.29 is 51.8 Å². The molecule has 2 amide bonds. The Balaban J connectivity index is 0.000000226. The number of ketones is 2. The lowest BCUT2D eigenvalue weighted by molar-refractivity contribution is -0.134. The zero-order chi connectivity index (χ0) is 57.4. The first-order valence-electron chi connectivity index (χ1n) is 27.9. The topological polar surface area (TPSA) is 219 Å². The van der Waals surface area contributed by atoms with Gasteiger partial charge in [-0.15, -0.1) is 23.1 Å². The number of carbonyl (C=O) groups is 4. The number of thioether (sulfide) groups is 1. The van der Waals surface area contributed by atoms with Gasteiger partial charge in [0.05, 0.1) is 35.6 Å². The predicted octanol–water partition coefficient (Wildman–Crippen LogP) is 10.5. The van der Waals surface area contributed by atoms with E-state index in [1.807, 2.05) is 50.1 Å². The van der Waals surface area contributed by atoms with Crippen molar-refractivity contribution in [3.8, 4) is 5.75 Å². The summed E-state index contributed by atoms with van der Waals surface area (Å²) < 4.78 is 49.9. The number of aliphatic hydroxyl groups is 1. The number of benzene rings is 2. The Morgan fingerprint density at radius 3 is 2.18 bits per heavy atom. The number of halogens is 1. The number of rotatable bonds is 15. The van der Waals surface area contributed by atoms with Gasteiger partial charge in [0.2, 0.25) is 6.41 Å². The molecule has 15 nitrogen and oxygen atoms in total. The van der Waals surface area contributed by atoms with E-state index in [2.05, 4.69) is 62.1 Å². The number of hydrogen-bond acceptors (Lipinski definition) is 15. The molecular weight excluding hydrogens is 1070 g/mol. The van der Waals surface area contributed by atoms with Crippen molar-refractivity contribution in [1.82, 2.24) is 20.1 Å². The monoisotopic (exact) mass is 1160 g/mol. The summed E-state index contributed by atoms with van der Waals surface area (Å²) in [7, 11) is 0. The fourth-order valence-electron chi connectivity index (χ4n) is 15.0. The Bertz CT molecular complexity index is 2710. The maximum absolute atomic E-state index is 14.8. The molecule has 432 valence electrons. The Morgan fingerprint density at radius 1 is 0.974 bits per heavy atom. The number of Topliss-reactive ketones (excluding diaryl/α,β-unsaturated/α-hetero) is 2. The molecular formula is C58H84FN5O10S4. The van der Waals surface area contributed by atoms with Gasteiger partial charge in [-0.3, -0.25) is 24.1 Å². The van der Waals surface area contributed by atoms with Crippen LogP contribution in [0, 0.1) is 39.3 Å². The summed E-state index contributed by atoms with van der Waals surface area (Å²) in [4.78, 5) is 56.9. The minimum absolute atomic E-state index is 0.0198. The van der Waals surface area contributed by atoms with Crippen LogP contribution in [0.15, 0.2) is 40.6 Å². The van der Waals surface area contributed by atoms with E-state index in [4.69, 9.17) is 4.74 Å². The molecule has 0 radical (unpaired) electrons. The standard InChI is InChI=1S/C34H44FN5O5S2.C10H14O3S.C10H14O2S.2C2H6/c1-22(2)32-38-27(19-47-32)33(44)40-14-15-45-34(20-40)9-12-39(13-10-34)18-23-4-6-26(35)24(16-23)8-11-36-17-29(43)25-5-7-28(42)30(37-21-41)31(25)46-3;1-8(2)6-3-4-10(14(12)13)7(11)5-9(6,8)10;1-8(2)6-3-4-10(13-12)7(11)5-9(6,8)10;2*1-2/h4-7,16,19,21-22,29,36,42-43H,8-15,17-18,20H2,1-3H3,(H,37,41);6H,3-5H2,1-2H3,(H,12,13);6,12H,3-5H2,1-2H3;2*1-2H3. The third-order valence-corrected chi connectivity index (χ3v) is 23.7. The van der Waals surface area contributed by atoms with E-state index in [-0.39, 0.29) is 67.9 Å². The Morgan fingerprint density at radius 2 is 1.63 bits per heavy atom. The van der Waals surface area contributed by atoms with Gasteiger partial charge in [0.25, 0.3) is 5.91 Å². The SMILES string of the molecule is CC.CC.CC1(C)C2CCC3(S(=O)O)C(=O)CC213.CC1(C)C2CCC3(SO)C(=O)CC231.CSc1c(C(O)CNCCc2cc(CN3CCC4(CC3)CN(C(=O)c3csc(C(C)C)n3)CCO4)ccc2F)ccc(O)c1NC=O. The first-order valence-corrected chi connectivity index (χ1v) is 31.9. The van der Waals surface area contributed by atoms with Crippen LogP contribution in [0.25, 0.3) is 0 Å². The number of anilines is 1. The molecule has 8 atom stereocenters. The van der Waals surface area contributed by atoms with Crippen LogP contribution in [0.5, 0.6) is 5.75 Å². The summed E-state index contributed by atoms with van der Waals surface area (Å²) in [6.45, 7) is 25.6. The van der Waals surface area contributed by atoms with Gasteiger partial charge in [-0.2, -0.15) is 0 Å². The van der Waals surface area contributed by atoms with Crippen LogP contribution < -0.4 is 10.6 Å². The Hall–Kier alpha value is -3.31. The van der Waals surface area contributed by atoms with Crippen molar-refractivity contribution in [3.63, 3.8) is 0 Å². The highest BCUT2D eigenvalue weighted by atomic mass is 32.2. The molecule has 8 fully saturated rings. The number of hydrogen-bond donors (Lipinski definition) is 6. The largest absolute Gasteiger partial charge is 0.506 e. The van der Waals surface area contributed by atoms with Crippen LogP contribution in [0.4, 0.5) is 10.1 Å². The number of nitrogens with one attached hydrogen (secondary N) is 2. The molecule has 6 N–H and O–H groups in total. The van der Waals surface area contributed by atoms with E-state index >= 15 is 0 Å². The molecule has 2 aromatic carbocycles. The summed E-state index contributed by atoms with van der Waals surface area (Å²) in [5.41, 5.74) is 3.14. The third kappa shape index (κ3) is 10.3. The number of carbonyl (C=O) groups excluding carboxylic acids is 4. The number of ether oxygens (including phenoxy) is 1. The molecule has 3 spiro atoms. The highest BCUT2D eigenvalue weighted by molar-refractivity contribution is 7.98. The third-order valence-electron chi connectivity index (χ3n) is 19.2. The average molecular weight is 1160 g/mol. The molecule has 6 saturated carbocycles. The van der Waals surface area contributed by atoms with Gasteiger partial charge in [0.1, 0.15) is 26.8 Å².